The second kappa shape index (κ2) is 6.43. The fourth-order valence-electron chi connectivity index (χ4n) is 3.03. The summed E-state index contributed by atoms with van der Waals surface area (Å²) < 4.78 is 40.1. The number of hydrogen-bond acceptors (Lipinski definition) is 1. The van der Waals surface area contributed by atoms with Gasteiger partial charge in [0, 0.05) is 0 Å². The number of benzene rings is 3. The Balaban J connectivity index is 2.35. The van der Waals surface area contributed by atoms with Crippen molar-refractivity contribution in [3.05, 3.63) is 107 Å². The van der Waals surface area contributed by atoms with Crippen LogP contribution in [0, 0.1) is 17.5 Å². The lowest BCUT2D eigenvalue weighted by Crippen LogP contribution is -2.43. The highest BCUT2D eigenvalue weighted by Crippen LogP contribution is 2.39. The van der Waals surface area contributed by atoms with Crippen molar-refractivity contribution >= 4 is 5.91 Å². The van der Waals surface area contributed by atoms with Crippen molar-refractivity contribution in [2.24, 2.45) is 5.73 Å². The molecule has 0 heterocycles. The molecule has 3 rings (SSSR count). The Kier molecular flexibility index (Phi) is 4.31. The van der Waals surface area contributed by atoms with Gasteiger partial charge in [0.05, 0.1) is 0 Å². The van der Waals surface area contributed by atoms with E-state index in [4.69, 9.17) is 5.73 Å². The minimum Gasteiger partial charge on any atom is -0.368 e. The quantitative estimate of drug-likeness (QED) is 0.718. The zero-order chi connectivity index (χ0) is 18.0. The molecule has 0 fully saturated rings. The minimum atomic E-state index is -1.50. The number of hydrogen-bond donors (Lipinski definition) is 1. The Morgan fingerprint density at radius 1 is 0.600 bits per heavy atom. The summed E-state index contributed by atoms with van der Waals surface area (Å²) in [5.74, 6) is -2.15. The van der Waals surface area contributed by atoms with Crippen LogP contribution in [-0.4, -0.2) is 5.91 Å². The molecule has 25 heavy (non-hydrogen) atoms. The van der Waals surface area contributed by atoms with Gasteiger partial charge in [0.15, 0.2) is 0 Å². The van der Waals surface area contributed by atoms with Crippen LogP contribution >= 0.6 is 0 Å². The van der Waals surface area contributed by atoms with E-state index in [0.29, 0.717) is 16.7 Å². The van der Waals surface area contributed by atoms with E-state index in [1.165, 1.54) is 72.8 Å². The lowest BCUT2D eigenvalue weighted by Gasteiger charge is -2.32. The molecule has 0 unspecified atom stereocenters. The van der Waals surface area contributed by atoms with Crippen molar-refractivity contribution in [3.8, 4) is 0 Å². The van der Waals surface area contributed by atoms with E-state index in [9.17, 15) is 18.0 Å². The molecule has 1 amide bonds. The van der Waals surface area contributed by atoms with E-state index in [1.54, 1.807) is 0 Å². The van der Waals surface area contributed by atoms with Crippen LogP contribution in [0.4, 0.5) is 13.2 Å². The molecule has 2 nitrogen and oxygen atoms in total. The highest BCUT2D eigenvalue weighted by atomic mass is 19.1. The van der Waals surface area contributed by atoms with Crippen molar-refractivity contribution in [1.29, 1.82) is 0 Å². The van der Waals surface area contributed by atoms with E-state index >= 15 is 0 Å². The highest BCUT2D eigenvalue weighted by Gasteiger charge is 2.42. The fourth-order valence-corrected chi connectivity index (χ4v) is 3.03. The van der Waals surface area contributed by atoms with Gasteiger partial charge >= 0.3 is 0 Å². The zero-order valence-electron chi connectivity index (χ0n) is 13.0. The summed E-state index contributed by atoms with van der Waals surface area (Å²) >= 11 is 0. The van der Waals surface area contributed by atoms with Gasteiger partial charge in [0.25, 0.3) is 0 Å². The number of nitrogens with two attached hydrogens (primary N) is 1. The number of amides is 1. The van der Waals surface area contributed by atoms with E-state index < -0.39 is 28.8 Å². The van der Waals surface area contributed by atoms with E-state index in [0.717, 1.165) is 0 Å². The monoisotopic (exact) mass is 341 g/mol. The molecule has 126 valence electrons. The third-order valence-corrected chi connectivity index (χ3v) is 4.20. The topological polar surface area (TPSA) is 43.1 Å². The van der Waals surface area contributed by atoms with Crippen molar-refractivity contribution in [3.63, 3.8) is 0 Å². The third-order valence-electron chi connectivity index (χ3n) is 4.20. The fraction of sp³-hybridized carbons (Fsp3) is 0.0500. The number of carbonyl (C=O) groups is 1. The first kappa shape index (κ1) is 16.8. The van der Waals surface area contributed by atoms with Crippen molar-refractivity contribution in [2.45, 2.75) is 5.41 Å². The number of primary amides is 1. The molecule has 3 aromatic carbocycles. The molecule has 0 aliphatic heterocycles. The Labute approximate surface area is 142 Å². The largest absolute Gasteiger partial charge is 0.368 e. The molecule has 0 aliphatic rings. The standard InChI is InChI=1S/C20H14F3NO/c21-16-7-1-13(2-8-16)20(19(24)25,14-3-9-17(22)10-4-14)15-5-11-18(23)12-6-15/h1-12H,(H2,24,25). The predicted molar refractivity (Wildman–Crippen MR) is 88.3 cm³/mol. The van der Waals surface area contributed by atoms with Crippen LogP contribution in [0.2, 0.25) is 0 Å². The smallest absolute Gasteiger partial charge is 0.237 e. The zero-order valence-corrected chi connectivity index (χ0v) is 13.0. The van der Waals surface area contributed by atoms with Crippen molar-refractivity contribution in [1.82, 2.24) is 0 Å². The molecule has 0 saturated carbocycles. The van der Waals surface area contributed by atoms with Gasteiger partial charge in [0.2, 0.25) is 5.91 Å². The molecule has 0 radical (unpaired) electrons. The Hall–Kier alpha value is -3.08. The van der Waals surface area contributed by atoms with Crippen LogP contribution in [0.5, 0.6) is 0 Å². The minimum absolute atomic E-state index is 0.402. The van der Waals surface area contributed by atoms with Crippen LogP contribution < -0.4 is 5.73 Å². The van der Waals surface area contributed by atoms with Gasteiger partial charge in [-0.25, -0.2) is 13.2 Å². The number of carbonyl (C=O) groups excluding carboxylic acids is 1. The summed E-state index contributed by atoms with van der Waals surface area (Å²) in [6.45, 7) is 0. The van der Waals surface area contributed by atoms with Crippen LogP contribution in [0.25, 0.3) is 0 Å². The number of rotatable bonds is 4. The van der Waals surface area contributed by atoms with Gasteiger partial charge < -0.3 is 5.73 Å². The van der Waals surface area contributed by atoms with Crippen LogP contribution in [0.3, 0.4) is 0 Å². The van der Waals surface area contributed by atoms with Gasteiger partial charge in [-0.2, -0.15) is 0 Å². The lowest BCUT2D eigenvalue weighted by molar-refractivity contribution is -0.120. The predicted octanol–water partition coefficient (Wildman–Crippen LogP) is 3.92. The summed E-state index contributed by atoms with van der Waals surface area (Å²) in [4.78, 5) is 12.6. The SMILES string of the molecule is NC(=O)C(c1ccc(F)cc1)(c1ccc(F)cc1)c1ccc(F)cc1. The molecule has 5 heteroatoms. The maximum Gasteiger partial charge on any atom is 0.237 e. The summed E-state index contributed by atoms with van der Waals surface area (Å²) in [6, 6.07) is 15.9. The molecule has 0 bridgehead atoms. The number of halogens is 3. The molecule has 2 N–H and O–H groups in total. The van der Waals surface area contributed by atoms with Gasteiger partial charge in [-0.05, 0) is 53.1 Å². The average molecular weight is 341 g/mol. The first-order valence-corrected chi connectivity index (χ1v) is 7.52. The summed E-state index contributed by atoms with van der Waals surface area (Å²) in [5, 5.41) is 0. The molecule has 0 aromatic heterocycles. The Morgan fingerprint density at radius 3 is 1.04 bits per heavy atom. The second-order valence-corrected chi connectivity index (χ2v) is 5.63. The first-order chi connectivity index (χ1) is 11.9. The maximum absolute atomic E-state index is 13.4. The molecule has 3 aromatic rings. The Bertz CT molecular complexity index is 777. The molecule has 0 aliphatic carbocycles. The van der Waals surface area contributed by atoms with E-state index in [1.807, 2.05) is 0 Å². The Morgan fingerprint density at radius 2 is 0.840 bits per heavy atom. The maximum atomic E-state index is 13.4. The normalized spacial score (nSPS) is 11.3. The second-order valence-electron chi connectivity index (χ2n) is 5.63. The first-order valence-electron chi connectivity index (χ1n) is 7.52. The van der Waals surface area contributed by atoms with Gasteiger partial charge in [-0.3, -0.25) is 4.79 Å². The third kappa shape index (κ3) is 2.89. The van der Waals surface area contributed by atoms with Gasteiger partial charge in [-0.15, -0.1) is 0 Å². The summed E-state index contributed by atoms with van der Waals surface area (Å²) in [6.07, 6.45) is 0. The van der Waals surface area contributed by atoms with E-state index in [2.05, 4.69) is 0 Å². The molecular weight excluding hydrogens is 327 g/mol. The van der Waals surface area contributed by atoms with E-state index in [-0.39, 0.29) is 0 Å². The van der Waals surface area contributed by atoms with Crippen molar-refractivity contribution in [2.75, 3.05) is 0 Å². The molecule has 0 spiro atoms. The van der Waals surface area contributed by atoms with Crippen LogP contribution in [-0.2, 0) is 10.2 Å². The van der Waals surface area contributed by atoms with Gasteiger partial charge in [-0.1, -0.05) is 36.4 Å². The average Bonchev–Trinajstić information content (AvgIpc) is 2.60. The molecule has 0 saturated heterocycles. The molecular formula is C20H14F3NO. The van der Waals surface area contributed by atoms with Gasteiger partial charge in [0.1, 0.15) is 22.9 Å². The lowest BCUT2D eigenvalue weighted by atomic mass is 9.69. The van der Waals surface area contributed by atoms with Crippen LogP contribution in [0.1, 0.15) is 16.7 Å². The summed E-state index contributed by atoms with van der Waals surface area (Å²) in [7, 11) is 0. The van der Waals surface area contributed by atoms with Crippen molar-refractivity contribution < 1.29 is 18.0 Å². The summed E-state index contributed by atoms with van der Waals surface area (Å²) in [5.41, 5.74) is 5.46. The molecule has 0 atom stereocenters. The highest BCUT2D eigenvalue weighted by molar-refractivity contribution is 5.95. The van der Waals surface area contributed by atoms with Crippen LogP contribution in [0.15, 0.2) is 72.8 Å².